The van der Waals surface area contributed by atoms with Gasteiger partial charge in [0, 0.05) is 28.4 Å². The molecule has 0 N–H and O–H groups in total. The molecule has 1 rings (SSSR count). The van der Waals surface area contributed by atoms with E-state index in [2.05, 4.69) is 4.98 Å². The summed E-state index contributed by atoms with van der Waals surface area (Å²) >= 11 is 0. The summed E-state index contributed by atoms with van der Waals surface area (Å²) in [5.74, 6) is 0. The van der Waals surface area contributed by atoms with Gasteiger partial charge in [0.15, 0.2) is 0 Å². The summed E-state index contributed by atoms with van der Waals surface area (Å²) in [6.07, 6.45) is 2.65. The van der Waals surface area contributed by atoms with Gasteiger partial charge < -0.3 is 4.90 Å². The van der Waals surface area contributed by atoms with Gasteiger partial charge in [-0.2, -0.15) is 0 Å². The van der Waals surface area contributed by atoms with Gasteiger partial charge in [0.2, 0.25) is 0 Å². The molecule has 3 heteroatoms. The average Bonchev–Trinajstić information content (AvgIpc) is 2.00. The molecular formula is C7H11ClN2. The van der Waals surface area contributed by atoms with Crippen LogP contribution in [0.3, 0.4) is 0 Å². The molecule has 1 heterocycles. The van der Waals surface area contributed by atoms with E-state index in [0.717, 1.165) is 0 Å². The van der Waals surface area contributed by atoms with Crippen LogP contribution in [0.5, 0.6) is 0 Å². The molecule has 0 unspecified atom stereocenters. The number of rotatable bonds is 1. The number of halogens is 1. The molecule has 0 aromatic carbocycles. The molecule has 0 bridgehead atoms. The molecule has 0 saturated carbocycles. The molecule has 0 spiro atoms. The molecule has 0 aliphatic heterocycles. The van der Waals surface area contributed by atoms with Crippen LogP contribution in [0.2, 0.25) is 0 Å². The van der Waals surface area contributed by atoms with Crippen LogP contribution < -0.4 is 4.90 Å². The quantitative estimate of drug-likeness (QED) is 0.627. The van der Waals surface area contributed by atoms with E-state index in [1.807, 2.05) is 0 Å². The topological polar surface area (TPSA) is 16.1 Å². The van der Waals surface area contributed by atoms with Gasteiger partial charge in [-0.1, -0.05) is 0 Å². The number of anilines is 1. The summed E-state index contributed by atoms with van der Waals surface area (Å²) in [4.78, 5) is 4.09. The largest absolute Gasteiger partial charge is 0.376 e. The Bertz CT molecular complexity index is 308. The van der Waals surface area contributed by atoms with Crippen molar-refractivity contribution in [1.82, 2.24) is 4.98 Å². The van der Waals surface area contributed by atoms with Gasteiger partial charge in [0.25, 0.3) is 0 Å². The molecule has 0 aliphatic carbocycles. The highest BCUT2D eigenvalue weighted by atomic mass is 35.5. The van der Waals surface area contributed by atoms with E-state index in [-0.39, 0.29) is 18.1 Å². The molecule has 1 aromatic rings. The predicted octanol–water partition coefficient (Wildman–Crippen LogP) is 1.57. The maximum absolute atomic E-state index is 7.15. The Hall–Kier alpha value is -0.760. The number of aromatic nitrogens is 1. The lowest BCUT2D eigenvalue weighted by Crippen LogP contribution is -2.08. The lowest BCUT2D eigenvalue weighted by Gasteiger charge is -2.09. The minimum absolute atomic E-state index is 0. The fraction of sp³-hybridized carbons (Fsp3) is 0.286. The molecule has 0 amide bonds. The van der Waals surface area contributed by atoms with Crippen LogP contribution in [-0.4, -0.2) is 18.9 Å². The molecule has 0 saturated heterocycles. The van der Waals surface area contributed by atoms with Crippen LogP contribution in [0.1, 0.15) is 8.22 Å². The lowest BCUT2D eigenvalue weighted by atomic mass is 10.4. The van der Waals surface area contributed by atoms with Gasteiger partial charge in [0.05, 0.1) is 11.9 Å². The zero-order chi connectivity index (χ0) is 11.7. The van der Waals surface area contributed by atoms with Crippen LogP contribution in [0, 0.1) is 0 Å². The highest BCUT2D eigenvalue weighted by Gasteiger charge is 1.88. The second-order valence-electron chi connectivity index (χ2n) is 1.55. The van der Waals surface area contributed by atoms with Crippen molar-refractivity contribution in [3.63, 3.8) is 0 Å². The minimum Gasteiger partial charge on any atom is -0.376 e. The summed E-state index contributed by atoms with van der Waals surface area (Å²) < 4.78 is 42.9. The predicted molar refractivity (Wildman–Crippen MR) is 45.8 cm³/mol. The van der Waals surface area contributed by atoms with Crippen LogP contribution in [-0.2, 0) is 0 Å². The monoisotopic (exact) mass is 164 g/mol. The molecule has 1 aromatic heterocycles. The zero-order valence-electron chi connectivity index (χ0n) is 11.1. The first-order valence-electron chi connectivity index (χ1n) is 5.43. The summed E-state index contributed by atoms with van der Waals surface area (Å²) in [7, 11) is 0. The first-order chi connectivity index (χ1) is 6.73. The molecule has 10 heavy (non-hydrogen) atoms. The van der Waals surface area contributed by atoms with E-state index in [4.69, 9.17) is 8.22 Å². The summed E-state index contributed by atoms with van der Waals surface area (Å²) in [6.45, 7) is -5.43. The summed E-state index contributed by atoms with van der Waals surface area (Å²) in [6, 6.07) is 2.88. The van der Waals surface area contributed by atoms with Crippen molar-refractivity contribution in [2.24, 2.45) is 0 Å². The molecule has 0 fully saturated rings. The number of hydrogen-bond donors (Lipinski definition) is 0. The van der Waals surface area contributed by atoms with Crippen molar-refractivity contribution in [2.75, 3.05) is 18.9 Å². The fourth-order valence-electron chi connectivity index (χ4n) is 0.486. The summed E-state index contributed by atoms with van der Waals surface area (Å²) in [5.41, 5.74) is 0.0532. The minimum atomic E-state index is -2.71. The Morgan fingerprint density at radius 1 is 1.60 bits per heavy atom. The van der Waals surface area contributed by atoms with Crippen molar-refractivity contribution in [1.29, 1.82) is 0 Å². The van der Waals surface area contributed by atoms with Gasteiger partial charge >= 0.3 is 0 Å². The van der Waals surface area contributed by atoms with Crippen molar-refractivity contribution < 1.29 is 8.22 Å². The normalized spacial score (nSPS) is 19.6. The third-order valence-electron chi connectivity index (χ3n) is 0.904. The second-order valence-corrected chi connectivity index (χ2v) is 1.55. The van der Waals surface area contributed by atoms with E-state index in [1.165, 1.54) is 24.5 Å². The van der Waals surface area contributed by atoms with E-state index in [0.29, 0.717) is 4.90 Å². The van der Waals surface area contributed by atoms with Gasteiger partial charge in [-0.3, -0.25) is 4.98 Å². The van der Waals surface area contributed by atoms with Crippen LogP contribution in [0.4, 0.5) is 5.69 Å². The fourth-order valence-corrected chi connectivity index (χ4v) is 0.486. The first-order valence-corrected chi connectivity index (χ1v) is 2.43. The number of nitrogens with zero attached hydrogens (tertiary/aromatic N) is 2. The van der Waals surface area contributed by atoms with Gasteiger partial charge in [-0.05, 0) is 12.1 Å². The number of pyridine rings is 1. The first kappa shape index (κ1) is 3.09. The van der Waals surface area contributed by atoms with Crippen LogP contribution in [0.25, 0.3) is 0 Å². The molecule has 0 atom stereocenters. The summed E-state index contributed by atoms with van der Waals surface area (Å²) in [5, 5.41) is 0. The van der Waals surface area contributed by atoms with E-state index >= 15 is 0 Å². The standard InChI is InChI=1S/C7H10N2.ClH/c1-9(2)7-4-3-5-8-6-7;/h3-6H,1-2H3;1H/i1D3,2D3;. The van der Waals surface area contributed by atoms with E-state index in [1.54, 1.807) is 0 Å². The van der Waals surface area contributed by atoms with Gasteiger partial charge in [0.1, 0.15) is 0 Å². The SMILES string of the molecule is Cl.[2H]C([2H])([2H])N(c1cccnc1)C([2H])([2H])[2H]. The van der Waals surface area contributed by atoms with E-state index in [9.17, 15) is 0 Å². The van der Waals surface area contributed by atoms with Crippen LogP contribution >= 0.6 is 12.4 Å². The second kappa shape index (κ2) is 4.12. The Morgan fingerprint density at radius 2 is 2.40 bits per heavy atom. The highest BCUT2D eigenvalue weighted by Crippen LogP contribution is 2.04. The molecule has 0 radical (unpaired) electrons. The maximum atomic E-state index is 7.15. The third kappa shape index (κ3) is 2.23. The zero-order valence-corrected chi connectivity index (χ0v) is 5.93. The Morgan fingerprint density at radius 3 is 2.90 bits per heavy atom. The average molecular weight is 165 g/mol. The van der Waals surface area contributed by atoms with Crippen molar-refractivity contribution in [2.45, 2.75) is 0 Å². The van der Waals surface area contributed by atoms with Crippen molar-refractivity contribution >= 4 is 18.1 Å². The molecule has 2 nitrogen and oxygen atoms in total. The molecule has 56 valence electrons. The van der Waals surface area contributed by atoms with Crippen molar-refractivity contribution in [3.05, 3.63) is 24.5 Å². The van der Waals surface area contributed by atoms with Crippen molar-refractivity contribution in [3.8, 4) is 0 Å². The molecule has 0 aliphatic rings. The number of hydrogen-bond acceptors (Lipinski definition) is 2. The Labute approximate surface area is 75.7 Å². The van der Waals surface area contributed by atoms with Gasteiger partial charge in [-0.25, -0.2) is 0 Å². The van der Waals surface area contributed by atoms with Gasteiger partial charge in [-0.15, -0.1) is 12.4 Å². The molecular weight excluding hydrogens is 148 g/mol. The van der Waals surface area contributed by atoms with E-state index < -0.39 is 14.0 Å². The van der Waals surface area contributed by atoms with Crippen LogP contribution in [0.15, 0.2) is 24.5 Å². The Kier molecular flexibility index (Phi) is 1.27. The smallest absolute Gasteiger partial charge is 0.0547 e. The lowest BCUT2D eigenvalue weighted by molar-refractivity contribution is 1.11. The maximum Gasteiger partial charge on any atom is 0.0547 e. The third-order valence-corrected chi connectivity index (χ3v) is 0.904. The Balaban J connectivity index is 0.00000225. The highest BCUT2D eigenvalue weighted by molar-refractivity contribution is 5.85.